The minimum Gasteiger partial charge on any atom is -0.324 e. The van der Waals surface area contributed by atoms with Crippen molar-refractivity contribution in [2.45, 2.75) is 33.2 Å². The van der Waals surface area contributed by atoms with E-state index in [1.54, 1.807) is 0 Å². The molecule has 0 heterocycles. The van der Waals surface area contributed by atoms with Crippen LogP contribution in [0.5, 0.6) is 0 Å². The van der Waals surface area contributed by atoms with Gasteiger partial charge in [0.05, 0.1) is 0 Å². The van der Waals surface area contributed by atoms with Crippen molar-refractivity contribution < 1.29 is 0 Å². The smallest absolute Gasteiger partial charge is 0.0294 e. The number of hydrogen-bond donors (Lipinski definition) is 1. The average Bonchev–Trinajstić information content (AvgIpc) is 2.83. The summed E-state index contributed by atoms with van der Waals surface area (Å²) in [6.45, 7) is 6.50. The molecule has 0 amide bonds. The lowest BCUT2D eigenvalue weighted by Gasteiger charge is -2.17. The van der Waals surface area contributed by atoms with E-state index in [-0.39, 0.29) is 6.04 Å². The standard InChI is InChI=1S/C31H29N/c1-4-30(32)29-18-20(2)28(17-21(29)3)22-13-15-23(16-14-22)31-26-11-7-5-9-24(26)19-25-10-6-8-12-27(25)31/h5-19,30H,4,32H2,1-3H3. The average molecular weight is 416 g/mol. The summed E-state index contributed by atoms with van der Waals surface area (Å²) < 4.78 is 0. The topological polar surface area (TPSA) is 26.0 Å². The van der Waals surface area contributed by atoms with Crippen molar-refractivity contribution in [3.05, 3.63) is 108 Å². The van der Waals surface area contributed by atoms with Gasteiger partial charge in [-0.2, -0.15) is 0 Å². The molecule has 1 unspecified atom stereocenters. The molecule has 5 aromatic carbocycles. The third-order valence-corrected chi connectivity index (χ3v) is 6.71. The van der Waals surface area contributed by atoms with Crippen molar-refractivity contribution in [2.24, 2.45) is 5.73 Å². The second-order valence-electron chi connectivity index (χ2n) is 8.81. The summed E-state index contributed by atoms with van der Waals surface area (Å²) in [5, 5.41) is 5.15. The first kappa shape index (κ1) is 20.5. The summed E-state index contributed by atoms with van der Waals surface area (Å²) in [4.78, 5) is 0. The van der Waals surface area contributed by atoms with Gasteiger partial charge in [-0.15, -0.1) is 0 Å². The third kappa shape index (κ3) is 3.49. The molecule has 32 heavy (non-hydrogen) atoms. The first-order valence-electron chi connectivity index (χ1n) is 11.4. The molecule has 0 saturated carbocycles. The molecule has 0 spiro atoms. The maximum atomic E-state index is 6.33. The number of benzene rings is 5. The van der Waals surface area contributed by atoms with Gasteiger partial charge in [-0.05, 0) is 86.8 Å². The van der Waals surface area contributed by atoms with E-state index in [9.17, 15) is 0 Å². The van der Waals surface area contributed by atoms with Crippen LogP contribution in [0.1, 0.15) is 36.1 Å². The van der Waals surface area contributed by atoms with Gasteiger partial charge in [0.1, 0.15) is 0 Å². The monoisotopic (exact) mass is 415 g/mol. The van der Waals surface area contributed by atoms with Crippen LogP contribution in [-0.4, -0.2) is 0 Å². The summed E-state index contributed by atoms with van der Waals surface area (Å²) in [7, 11) is 0. The Kier molecular flexibility index (Phi) is 5.28. The second-order valence-corrected chi connectivity index (χ2v) is 8.81. The van der Waals surface area contributed by atoms with Crippen molar-refractivity contribution in [1.29, 1.82) is 0 Å². The van der Waals surface area contributed by atoms with Gasteiger partial charge in [-0.3, -0.25) is 0 Å². The van der Waals surface area contributed by atoms with Crippen molar-refractivity contribution in [1.82, 2.24) is 0 Å². The van der Waals surface area contributed by atoms with Gasteiger partial charge in [0.2, 0.25) is 0 Å². The second kappa shape index (κ2) is 8.26. The van der Waals surface area contributed by atoms with Crippen LogP contribution in [0, 0.1) is 13.8 Å². The maximum absolute atomic E-state index is 6.33. The molecule has 0 aliphatic rings. The Morgan fingerprint density at radius 1 is 0.656 bits per heavy atom. The van der Waals surface area contributed by atoms with Crippen LogP contribution >= 0.6 is 0 Å². The highest BCUT2D eigenvalue weighted by Crippen LogP contribution is 2.37. The zero-order valence-corrected chi connectivity index (χ0v) is 19.0. The van der Waals surface area contributed by atoms with Gasteiger partial charge in [-0.1, -0.05) is 91.9 Å². The van der Waals surface area contributed by atoms with Gasteiger partial charge < -0.3 is 5.73 Å². The zero-order chi connectivity index (χ0) is 22.2. The van der Waals surface area contributed by atoms with Crippen molar-refractivity contribution >= 4 is 21.5 Å². The molecule has 5 aromatic rings. The SMILES string of the molecule is CCC(N)c1cc(C)c(-c2ccc(-c3c4ccccc4cc4ccccc34)cc2)cc1C. The highest BCUT2D eigenvalue weighted by molar-refractivity contribution is 6.12. The molecule has 0 radical (unpaired) electrons. The molecule has 2 N–H and O–H groups in total. The van der Waals surface area contributed by atoms with Crippen LogP contribution in [-0.2, 0) is 0 Å². The Morgan fingerprint density at radius 2 is 1.22 bits per heavy atom. The molecule has 0 bridgehead atoms. The number of nitrogens with two attached hydrogens (primary N) is 1. The minimum atomic E-state index is 0.102. The van der Waals surface area contributed by atoms with E-state index in [1.165, 1.54) is 60.5 Å². The molecule has 0 aliphatic carbocycles. The van der Waals surface area contributed by atoms with E-state index >= 15 is 0 Å². The van der Waals surface area contributed by atoms with E-state index in [2.05, 4.69) is 112 Å². The summed E-state index contributed by atoms with van der Waals surface area (Å²) in [5.74, 6) is 0. The first-order valence-corrected chi connectivity index (χ1v) is 11.4. The lowest BCUT2D eigenvalue weighted by molar-refractivity contribution is 0.693. The maximum Gasteiger partial charge on any atom is 0.0294 e. The lowest BCUT2D eigenvalue weighted by Crippen LogP contribution is -2.10. The first-order chi connectivity index (χ1) is 15.6. The number of hydrogen-bond acceptors (Lipinski definition) is 1. The number of rotatable bonds is 4. The van der Waals surface area contributed by atoms with Crippen molar-refractivity contribution in [3.8, 4) is 22.3 Å². The normalized spacial score (nSPS) is 12.4. The summed E-state index contributed by atoms with van der Waals surface area (Å²) in [6.07, 6.45) is 0.952. The fraction of sp³-hybridized carbons (Fsp3) is 0.161. The van der Waals surface area contributed by atoms with Gasteiger partial charge in [0, 0.05) is 6.04 Å². The quantitative estimate of drug-likeness (QED) is 0.293. The van der Waals surface area contributed by atoms with Crippen LogP contribution < -0.4 is 5.73 Å². The van der Waals surface area contributed by atoms with Crippen LogP contribution in [0.15, 0.2) is 91.0 Å². The lowest BCUT2D eigenvalue weighted by atomic mass is 9.89. The predicted molar refractivity (Wildman–Crippen MR) is 139 cm³/mol. The van der Waals surface area contributed by atoms with E-state index in [0.29, 0.717) is 0 Å². The Bertz CT molecular complexity index is 1370. The van der Waals surface area contributed by atoms with Crippen LogP contribution in [0.2, 0.25) is 0 Å². The van der Waals surface area contributed by atoms with Crippen LogP contribution in [0.25, 0.3) is 43.8 Å². The Balaban J connectivity index is 1.64. The summed E-state index contributed by atoms with van der Waals surface area (Å²) >= 11 is 0. The van der Waals surface area contributed by atoms with Crippen LogP contribution in [0.3, 0.4) is 0 Å². The van der Waals surface area contributed by atoms with E-state index in [1.807, 2.05) is 0 Å². The fourth-order valence-corrected chi connectivity index (χ4v) is 4.91. The van der Waals surface area contributed by atoms with Crippen molar-refractivity contribution in [3.63, 3.8) is 0 Å². The molecule has 5 rings (SSSR count). The molecule has 0 aromatic heterocycles. The molecule has 158 valence electrons. The van der Waals surface area contributed by atoms with Crippen molar-refractivity contribution in [2.75, 3.05) is 0 Å². The van der Waals surface area contributed by atoms with E-state index < -0.39 is 0 Å². The van der Waals surface area contributed by atoms with Gasteiger partial charge in [-0.25, -0.2) is 0 Å². The Hall–Kier alpha value is -3.42. The van der Waals surface area contributed by atoms with Crippen LogP contribution in [0.4, 0.5) is 0 Å². The summed E-state index contributed by atoms with van der Waals surface area (Å²) in [6, 6.07) is 33.4. The van der Waals surface area contributed by atoms with Gasteiger partial charge >= 0.3 is 0 Å². The Labute approximate surface area is 190 Å². The van der Waals surface area contributed by atoms with Gasteiger partial charge in [0.15, 0.2) is 0 Å². The van der Waals surface area contributed by atoms with E-state index in [0.717, 1.165) is 6.42 Å². The predicted octanol–water partition coefficient (Wildman–Crippen LogP) is 8.35. The number of fused-ring (bicyclic) bond motifs is 2. The molecular weight excluding hydrogens is 386 g/mol. The van der Waals surface area contributed by atoms with E-state index in [4.69, 9.17) is 5.73 Å². The zero-order valence-electron chi connectivity index (χ0n) is 19.0. The molecule has 1 atom stereocenters. The third-order valence-electron chi connectivity index (χ3n) is 6.71. The summed E-state index contributed by atoms with van der Waals surface area (Å²) in [5.41, 5.74) is 15.2. The molecule has 0 fully saturated rings. The highest BCUT2D eigenvalue weighted by Gasteiger charge is 2.13. The Morgan fingerprint density at radius 3 is 1.81 bits per heavy atom. The molecular formula is C31H29N. The fourth-order valence-electron chi connectivity index (χ4n) is 4.91. The minimum absolute atomic E-state index is 0.102. The molecule has 0 saturated heterocycles. The molecule has 1 nitrogen and oxygen atoms in total. The molecule has 0 aliphatic heterocycles. The van der Waals surface area contributed by atoms with Gasteiger partial charge in [0.25, 0.3) is 0 Å². The molecule has 1 heteroatoms. The largest absolute Gasteiger partial charge is 0.324 e. The highest BCUT2D eigenvalue weighted by atomic mass is 14.6. The number of aryl methyl sites for hydroxylation is 2.